The molecule has 1 rings (SSSR count). The number of hydrogen-bond donors (Lipinski definition) is 0. The van der Waals surface area contributed by atoms with Gasteiger partial charge >= 0.3 is 23.9 Å². The standard InChI is InChI=1S/C20H24Br2O10/c1-5-29-17(23)15(21)19(25)31-9-11-7-14(28-4)12(8-13(11)27-3)10-32-20(26)16(22)18(24)30-6-2/h7-8,15-16H,5-6,9-10H2,1-4H3. The molecule has 0 fully saturated rings. The Bertz CT molecular complexity index is 759. The van der Waals surface area contributed by atoms with E-state index in [0.29, 0.717) is 22.6 Å². The fourth-order valence-electron chi connectivity index (χ4n) is 2.32. The molecule has 0 aliphatic rings. The molecule has 0 heterocycles. The van der Waals surface area contributed by atoms with Crippen LogP contribution in [0, 0.1) is 0 Å². The van der Waals surface area contributed by atoms with Crippen LogP contribution in [-0.2, 0) is 51.3 Å². The zero-order valence-electron chi connectivity index (χ0n) is 18.0. The highest BCUT2D eigenvalue weighted by Crippen LogP contribution is 2.30. The highest BCUT2D eigenvalue weighted by Gasteiger charge is 2.28. The van der Waals surface area contributed by atoms with Gasteiger partial charge in [-0.2, -0.15) is 0 Å². The largest absolute Gasteiger partial charge is 0.496 e. The second kappa shape index (κ2) is 13.9. The molecular weight excluding hydrogens is 560 g/mol. The molecule has 178 valence electrons. The van der Waals surface area contributed by atoms with Gasteiger partial charge in [-0.1, -0.05) is 31.9 Å². The summed E-state index contributed by atoms with van der Waals surface area (Å²) in [7, 11) is 2.81. The number of halogens is 2. The molecule has 12 heteroatoms. The first-order valence-corrected chi connectivity index (χ1v) is 11.2. The van der Waals surface area contributed by atoms with Crippen molar-refractivity contribution >= 4 is 55.7 Å². The first-order chi connectivity index (χ1) is 15.2. The third-order valence-corrected chi connectivity index (χ3v) is 5.32. The molecule has 2 atom stereocenters. The Morgan fingerprint density at radius 2 is 1.00 bits per heavy atom. The summed E-state index contributed by atoms with van der Waals surface area (Å²) in [5.74, 6) is -2.52. The van der Waals surface area contributed by atoms with E-state index in [1.54, 1.807) is 26.0 Å². The molecule has 0 aromatic heterocycles. The van der Waals surface area contributed by atoms with Crippen LogP contribution < -0.4 is 9.47 Å². The van der Waals surface area contributed by atoms with Crippen LogP contribution in [-0.4, -0.2) is 61.0 Å². The smallest absolute Gasteiger partial charge is 0.331 e. The predicted molar refractivity (Wildman–Crippen MR) is 118 cm³/mol. The Hall–Kier alpha value is -2.34. The van der Waals surface area contributed by atoms with Gasteiger partial charge in [0.15, 0.2) is 0 Å². The summed E-state index contributed by atoms with van der Waals surface area (Å²) >= 11 is 5.87. The van der Waals surface area contributed by atoms with Crippen LogP contribution >= 0.6 is 31.9 Å². The quantitative estimate of drug-likeness (QED) is 0.157. The highest BCUT2D eigenvalue weighted by molar-refractivity contribution is 9.10. The zero-order valence-corrected chi connectivity index (χ0v) is 21.1. The summed E-state index contributed by atoms with van der Waals surface area (Å²) in [6.07, 6.45) is 0. The fraction of sp³-hybridized carbons (Fsp3) is 0.500. The molecule has 0 bridgehead atoms. The summed E-state index contributed by atoms with van der Waals surface area (Å²) in [4.78, 5) is 44.9. The van der Waals surface area contributed by atoms with Gasteiger partial charge in [-0.15, -0.1) is 0 Å². The maximum atomic E-state index is 12.1. The van der Waals surface area contributed by atoms with Crippen LogP contribution in [0.25, 0.3) is 0 Å². The van der Waals surface area contributed by atoms with Crippen molar-refractivity contribution in [2.75, 3.05) is 27.4 Å². The van der Waals surface area contributed by atoms with E-state index in [1.807, 2.05) is 0 Å². The lowest BCUT2D eigenvalue weighted by molar-refractivity contribution is -0.155. The number of rotatable bonds is 12. The minimum Gasteiger partial charge on any atom is -0.496 e. The van der Waals surface area contributed by atoms with Crippen LogP contribution in [0.3, 0.4) is 0 Å². The lowest BCUT2D eigenvalue weighted by atomic mass is 10.1. The minimum atomic E-state index is -1.26. The van der Waals surface area contributed by atoms with Gasteiger partial charge in [0.05, 0.1) is 27.4 Å². The summed E-state index contributed by atoms with van der Waals surface area (Å²) in [5, 5.41) is 0. The van der Waals surface area contributed by atoms with Crippen LogP contribution in [0.5, 0.6) is 11.5 Å². The van der Waals surface area contributed by atoms with Crippen molar-refractivity contribution in [3.8, 4) is 11.5 Å². The molecule has 0 radical (unpaired) electrons. The molecule has 0 aliphatic carbocycles. The highest BCUT2D eigenvalue weighted by atomic mass is 79.9. The fourth-order valence-corrected chi connectivity index (χ4v) is 2.85. The number of carbonyl (C=O) groups is 4. The normalized spacial score (nSPS) is 12.2. The molecule has 1 aromatic carbocycles. The zero-order chi connectivity index (χ0) is 24.3. The van der Waals surface area contributed by atoms with Crippen LogP contribution in [0.15, 0.2) is 12.1 Å². The Morgan fingerprint density at radius 1 is 0.688 bits per heavy atom. The molecule has 2 unspecified atom stereocenters. The molecular formula is C20H24Br2O10. The number of carbonyl (C=O) groups excluding carboxylic acids is 4. The molecule has 10 nitrogen and oxygen atoms in total. The Balaban J connectivity index is 2.90. The SMILES string of the molecule is CCOC(=O)C(Br)C(=O)OCc1cc(OC)c(COC(=O)C(Br)C(=O)OCC)cc1OC. The molecule has 0 saturated heterocycles. The summed E-state index contributed by atoms with van der Waals surface area (Å²) in [5.41, 5.74) is 0.891. The first kappa shape index (κ1) is 27.7. The van der Waals surface area contributed by atoms with Crippen molar-refractivity contribution in [1.82, 2.24) is 0 Å². The van der Waals surface area contributed by atoms with E-state index >= 15 is 0 Å². The van der Waals surface area contributed by atoms with E-state index in [-0.39, 0.29) is 26.4 Å². The van der Waals surface area contributed by atoms with Gasteiger partial charge in [-0.3, -0.25) is 19.2 Å². The number of esters is 4. The molecule has 0 aliphatic heterocycles. The van der Waals surface area contributed by atoms with Crippen molar-refractivity contribution in [3.05, 3.63) is 23.3 Å². The third-order valence-electron chi connectivity index (χ3n) is 3.82. The van der Waals surface area contributed by atoms with Crippen molar-refractivity contribution in [1.29, 1.82) is 0 Å². The van der Waals surface area contributed by atoms with Gasteiger partial charge in [-0.05, 0) is 26.0 Å². The van der Waals surface area contributed by atoms with Crippen LogP contribution in [0.1, 0.15) is 25.0 Å². The molecule has 0 spiro atoms. The van der Waals surface area contributed by atoms with E-state index < -0.39 is 33.5 Å². The van der Waals surface area contributed by atoms with E-state index in [1.165, 1.54) is 14.2 Å². The van der Waals surface area contributed by atoms with E-state index in [2.05, 4.69) is 31.9 Å². The third kappa shape index (κ3) is 7.97. The second-order valence-corrected chi connectivity index (χ2v) is 7.75. The number of hydrogen-bond acceptors (Lipinski definition) is 10. The minimum absolute atomic E-state index is 0.126. The number of methoxy groups -OCH3 is 2. The number of benzene rings is 1. The molecule has 32 heavy (non-hydrogen) atoms. The Labute approximate surface area is 202 Å². The summed E-state index contributed by atoms with van der Waals surface area (Å²) in [6.45, 7) is 3.06. The summed E-state index contributed by atoms with van der Waals surface area (Å²) in [6, 6.07) is 3.08. The van der Waals surface area contributed by atoms with Gasteiger partial charge in [-0.25, -0.2) is 0 Å². The molecule has 0 N–H and O–H groups in total. The molecule has 0 saturated carbocycles. The maximum absolute atomic E-state index is 12.1. The van der Waals surface area contributed by atoms with Crippen molar-refractivity contribution in [3.63, 3.8) is 0 Å². The summed E-state index contributed by atoms with van der Waals surface area (Å²) < 4.78 is 30.5. The molecule has 0 amide bonds. The van der Waals surface area contributed by atoms with Crippen molar-refractivity contribution in [2.24, 2.45) is 0 Å². The average Bonchev–Trinajstić information content (AvgIpc) is 2.79. The second-order valence-electron chi connectivity index (χ2n) is 5.92. The van der Waals surface area contributed by atoms with E-state index in [9.17, 15) is 19.2 Å². The predicted octanol–water partition coefficient (Wildman–Crippen LogP) is 2.44. The number of alkyl halides is 2. The monoisotopic (exact) mass is 582 g/mol. The van der Waals surface area contributed by atoms with Gasteiger partial charge in [0, 0.05) is 11.1 Å². The lowest BCUT2D eigenvalue weighted by Crippen LogP contribution is -2.28. The Morgan fingerprint density at radius 3 is 1.28 bits per heavy atom. The first-order valence-electron chi connectivity index (χ1n) is 9.38. The van der Waals surface area contributed by atoms with Gasteiger partial charge in [0.2, 0.25) is 9.65 Å². The Kier molecular flexibility index (Phi) is 12.1. The van der Waals surface area contributed by atoms with E-state index in [4.69, 9.17) is 28.4 Å². The van der Waals surface area contributed by atoms with Crippen molar-refractivity contribution in [2.45, 2.75) is 36.7 Å². The van der Waals surface area contributed by atoms with Crippen LogP contribution in [0.2, 0.25) is 0 Å². The van der Waals surface area contributed by atoms with Gasteiger partial charge in [0.25, 0.3) is 0 Å². The topological polar surface area (TPSA) is 124 Å². The van der Waals surface area contributed by atoms with Gasteiger partial charge in [0.1, 0.15) is 24.7 Å². The average molecular weight is 584 g/mol. The van der Waals surface area contributed by atoms with Crippen molar-refractivity contribution < 1.29 is 47.6 Å². The lowest BCUT2D eigenvalue weighted by Gasteiger charge is -2.16. The van der Waals surface area contributed by atoms with Gasteiger partial charge < -0.3 is 28.4 Å². The number of ether oxygens (including phenoxy) is 6. The molecule has 1 aromatic rings. The van der Waals surface area contributed by atoms with E-state index in [0.717, 1.165) is 0 Å². The maximum Gasteiger partial charge on any atom is 0.331 e. The van der Waals surface area contributed by atoms with Crippen LogP contribution in [0.4, 0.5) is 0 Å².